The molecule has 13 heavy (non-hydrogen) atoms. The van der Waals surface area contributed by atoms with Gasteiger partial charge in [-0.05, 0) is 6.07 Å². The summed E-state index contributed by atoms with van der Waals surface area (Å²) in [5.41, 5.74) is 1.67. The van der Waals surface area contributed by atoms with E-state index >= 15 is 0 Å². The lowest BCUT2D eigenvalue weighted by Crippen LogP contribution is -1.96. The molecular formula is C8H7ClN4. The van der Waals surface area contributed by atoms with Crippen LogP contribution in [0.1, 0.15) is 5.69 Å². The van der Waals surface area contributed by atoms with Crippen LogP contribution in [-0.2, 0) is 5.88 Å². The zero-order valence-corrected chi connectivity index (χ0v) is 7.52. The third-order valence-electron chi connectivity index (χ3n) is 1.59. The fourth-order valence-electron chi connectivity index (χ4n) is 0.986. The molecule has 0 aliphatic carbocycles. The van der Waals surface area contributed by atoms with Gasteiger partial charge in [-0.3, -0.25) is 0 Å². The first-order valence-electron chi connectivity index (χ1n) is 3.76. The summed E-state index contributed by atoms with van der Waals surface area (Å²) >= 11 is 5.62. The molecule has 0 atom stereocenters. The van der Waals surface area contributed by atoms with Gasteiger partial charge in [0.1, 0.15) is 12.0 Å². The third-order valence-corrected chi connectivity index (χ3v) is 1.87. The fourth-order valence-corrected chi connectivity index (χ4v) is 1.13. The van der Waals surface area contributed by atoms with Crippen molar-refractivity contribution in [1.29, 1.82) is 0 Å². The third kappa shape index (κ3) is 1.67. The minimum atomic E-state index is 0.417. The van der Waals surface area contributed by atoms with E-state index in [1.54, 1.807) is 17.1 Å². The molecule has 2 rings (SSSR count). The van der Waals surface area contributed by atoms with Gasteiger partial charge in [-0.2, -0.15) is 5.10 Å². The maximum atomic E-state index is 5.62. The Labute approximate surface area is 80.2 Å². The molecule has 4 nitrogen and oxygen atoms in total. The van der Waals surface area contributed by atoms with E-state index in [-0.39, 0.29) is 0 Å². The van der Waals surface area contributed by atoms with Gasteiger partial charge >= 0.3 is 0 Å². The Kier molecular flexibility index (Phi) is 2.23. The molecule has 0 unspecified atom stereocenters. The van der Waals surface area contributed by atoms with Gasteiger partial charge in [0.2, 0.25) is 0 Å². The number of rotatable bonds is 2. The van der Waals surface area contributed by atoms with Crippen molar-refractivity contribution in [3.8, 4) is 5.69 Å². The molecule has 0 aliphatic rings. The highest BCUT2D eigenvalue weighted by atomic mass is 35.5. The average Bonchev–Trinajstić information content (AvgIpc) is 2.67. The van der Waals surface area contributed by atoms with E-state index in [4.69, 9.17) is 11.6 Å². The van der Waals surface area contributed by atoms with Crippen LogP contribution < -0.4 is 0 Å². The Morgan fingerprint density at radius 1 is 1.31 bits per heavy atom. The normalized spacial score (nSPS) is 10.2. The standard InChI is InChI=1S/C8H7ClN4/c9-3-7-1-2-13(12-7)8-4-10-6-11-5-8/h1-2,4-6H,3H2. The van der Waals surface area contributed by atoms with E-state index in [2.05, 4.69) is 15.1 Å². The Morgan fingerprint density at radius 2 is 2.08 bits per heavy atom. The van der Waals surface area contributed by atoms with E-state index in [1.807, 2.05) is 12.3 Å². The van der Waals surface area contributed by atoms with E-state index in [0.29, 0.717) is 5.88 Å². The van der Waals surface area contributed by atoms with Gasteiger partial charge < -0.3 is 0 Å². The number of hydrogen-bond acceptors (Lipinski definition) is 3. The molecule has 2 heterocycles. The van der Waals surface area contributed by atoms with Crippen molar-refractivity contribution in [3.63, 3.8) is 0 Å². The molecule has 5 heteroatoms. The summed E-state index contributed by atoms with van der Waals surface area (Å²) in [6.45, 7) is 0. The van der Waals surface area contributed by atoms with Gasteiger partial charge in [-0.1, -0.05) is 0 Å². The predicted octanol–water partition coefficient (Wildman–Crippen LogP) is 1.40. The molecule has 0 radical (unpaired) electrons. The number of nitrogens with zero attached hydrogens (tertiary/aromatic N) is 4. The molecule has 0 saturated heterocycles. The number of alkyl halides is 1. The molecule has 66 valence electrons. The Hall–Kier alpha value is -1.42. The summed E-state index contributed by atoms with van der Waals surface area (Å²) in [6.07, 6.45) is 6.70. The van der Waals surface area contributed by atoms with Crippen molar-refractivity contribution < 1.29 is 0 Å². The van der Waals surface area contributed by atoms with E-state index in [9.17, 15) is 0 Å². The molecule has 0 amide bonds. The van der Waals surface area contributed by atoms with Crippen molar-refractivity contribution in [2.75, 3.05) is 0 Å². The van der Waals surface area contributed by atoms with Crippen molar-refractivity contribution in [2.24, 2.45) is 0 Å². The first-order valence-corrected chi connectivity index (χ1v) is 4.29. The van der Waals surface area contributed by atoms with Gasteiger partial charge in [0.25, 0.3) is 0 Å². The molecule has 0 N–H and O–H groups in total. The molecule has 0 spiro atoms. The van der Waals surface area contributed by atoms with Crippen LogP contribution in [0.5, 0.6) is 0 Å². The fraction of sp³-hybridized carbons (Fsp3) is 0.125. The molecule has 2 aromatic rings. The maximum absolute atomic E-state index is 5.62. The average molecular weight is 195 g/mol. The van der Waals surface area contributed by atoms with Crippen LogP contribution >= 0.6 is 11.6 Å². The second kappa shape index (κ2) is 3.53. The van der Waals surface area contributed by atoms with Crippen molar-refractivity contribution in [1.82, 2.24) is 19.7 Å². The van der Waals surface area contributed by atoms with Crippen LogP contribution in [0.25, 0.3) is 5.69 Å². The number of aromatic nitrogens is 4. The van der Waals surface area contributed by atoms with Crippen LogP contribution in [0, 0.1) is 0 Å². The first kappa shape index (κ1) is 8.19. The lowest BCUT2D eigenvalue weighted by molar-refractivity contribution is 0.844. The lowest BCUT2D eigenvalue weighted by atomic mass is 10.5. The summed E-state index contributed by atoms with van der Waals surface area (Å²) in [5.74, 6) is 0.417. The van der Waals surface area contributed by atoms with Crippen molar-refractivity contribution >= 4 is 11.6 Å². The quantitative estimate of drug-likeness (QED) is 0.679. The maximum Gasteiger partial charge on any atom is 0.115 e. The highest BCUT2D eigenvalue weighted by Gasteiger charge is 1.99. The van der Waals surface area contributed by atoms with Crippen LogP contribution in [0.3, 0.4) is 0 Å². The van der Waals surface area contributed by atoms with Gasteiger partial charge in [-0.25, -0.2) is 14.6 Å². The highest BCUT2D eigenvalue weighted by molar-refractivity contribution is 6.16. The van der Waals surface area contributed by atoms with E-state index in [0.717, 1.165) is 11.4 Å². The van der Waals surface area contributed by atoms with Gasteiger partial charge in [0.15, 0.2) is 0 Å². The zero-order valence-electron chi connectivity index (χ0n) is 6.76. The van der Waals surface area contributed by atoms with Gasteiger partial charge in [0, 0.05) is 6.20 Å². The summed E-state index contributed by atoms with van der Waals surface area (Å²) in [6, 6.07) is 1.86. The minimum absolute atomic E-state index is 0.417. The molecule has 0 saturated carbocycles. The van der Waals surface area contributed by atoms with Gasteiger partial charge in [0.05, 0.1) is 24.0 Å². The van der Waals surface area contributed by atoms with Gasteiger partial charge in [-0.15, -0.1) is 11.6 Å². The monoisotopic (exact) mass is 194 g/mol. The molecule has 2 aromatic heterocycles. The Bertz CT molecular complexity index is 384. The topological polar surface area (TPSA) is 43.6 Å². The molecule has 0 aromatic carbocycles. The largest absolute Gasteiger partial charge is 0.243 e. The van der Waals surface area contributed by atoms with Crippen molar-refractivity contribution in [3.05, 3.63) is 36.7 Å². The predicted molar refractivity (Wildman–Crippen MR) is 48.7 cm³/mol. The summed E-state index contributed by atoms with van der Waals surface area (Å²) in [7, 11) is 0. The molecular weight excluding hydrogens is 188 g/mol. The smallest absolute Gasteiger partial charge is 0.115 e. The summed E-state index contributed by atoms with van der Waals surface area (Å²) in [4.78, 5) is 7.78. The second-order valence-corrected chi connectivity index (χ2v) is 2.75. The Balaban J connectivity index is 2.36. The summed E-state index contributed by atoms with van der Waals surface area (Å²) in [5, 5.41) is 4.20. The van der Waals surface area contributed by atoms with E-state index in [1.165, 1.54) is 6.33 Å². The molecule has 0 bridgehead atoms. The Morgan fingerprint density at radius 3 is 2.69 bits per heavy atom. The number of halogens is 1. The van der Waals surface area contributed by atoms with Crippen LogP contribution in [-0.4, -0.2) is 19.7 Å². The van der Waals surface area contributed by atoms with E-state index < -0.39 is 0 Å². The zero-order chi connectivity index (χ0) is 9.10. The van der Waals surface area contributed by atoms with Crippen LogP contribution in [0.4, 0.5) is 0 Å². The lowest BCUT2D eigenvalue weighted by Gasteiger charge is -1.97. The van der Waals surface area contributed by atoms with Crippen molar-refractivity contribution in [2.45, 2.75) is 5.88 Å². The van der Waals surface area contributed by atoms with Crippen LogP contribution in [0.15, 0.2) is 31.0 Å². The minimum Gasteiger partial charge on any atom is -0.243 e. The molecule has 0 aliphatic heterocycles. The van der Waals surface area contributed by atoms with Crippen LogP contribution in [0.2, 0.25) is 0 Å². The summed E-state index contributed by atoms with van der Waals surface area (Å²) < 4.78 is 1.69. The molecule has 0 fully saturated rings. The highest BCUT2D eigenvalue weighted by Crippen LogP contribution is 2.05. The first-order chi connectivity index (χ1) is 6.40. The SMILES string of the molecule is ClCc1ccn(-c2cncnc2)n1. The second-order valence-electron chi connectivity index (χ2n) is 2.48. The number of hydrogen-bond donors (Lipinski definition) is 0.